The number of thiophene rings is 1. The average Bonchev–Trinajstić information content (AvgIpc) is 3.26. The maximum atomic E-state index is 11.8. The van der Waals surface area contributed by atoms with Crippen LogP contribution in [0.4, 0.5) is 0 Å². The summed E-state index contributed by atoms with van der Waals surface area (Å²) < 4.78 is 11.3. The molecule has 5 nitrogen and oxygen atoms in total. The Bertz CT molecular complexity index is 872. The summed E-state index contributed by atoms with van der Waals surface area (Å²) in [5, 5.41) is 4.29. The fourth-order valence-electron chi connectivity index (χ4n) is 2.31. The van der Waals surface area contributed by atoms with Gasteiger partial charge in [-0.1, -0.05) is 29.8 Å². The Hall–Kier alpha value is -2.31. The van der Waals surface area contributed by atoms with E-state index in [-0.39, 0.29) is 30.7 Å². The highest BCUT2D eigenvalue weighted by Crippen LogP contribution is 2.35. The number of hydrogen-bond acceptors (Lipinski definition) is 5. The van der Waals surface area contributed by atoms with Crippen molar-refractivity contribution < 1.29 is 18.7 Å². The SMILES string of the molecule is O=C(CCCNC(=O)c1ccco1)OCc1sc2ccccc2c1Cl. The largest absolute Gasteiger partial charge is 0.460 e. The van der Waals surface area contributed by atoms with E-state index in [1.54, 1.807) is 12.1 Å². The van der Waals surface area contributed by atoms with Gasteiger partial charge in [0.1, 0.15) is 6.61 Å². The number of hydrogen-bond donors (Lipinski definition) is 1. The van der Waals surface area contributed by atoms with E-state index >= 15 is 0 Å². The Balaban J connectivity index is 1.40. The van der Waals surface area contributed by atoms with E-state index in [0.29, 0.717) is 18.0 Å². The molecule has 25 heavy (non-hydrogen) atoms. The van der Waals surface area contributed by atoms with Crippen molar-refractivity contribution in [1.29, 1.82) is 0 Å². The Kier molecular flexibility index (Phi) is 5.73. The van der Waals surface area contributed by atoms with Gasteiger partial charge < -0.3 is 14.5 Å². The normalized spacial score (nSPS) is 10.8. The van der Waals surface area contributed by atoms with Crippen LogP contribution in [0.1, 0.15) is 28.3 Å². The second-order valence-corrected chi connectivity index (χ2v) is 6.85. The van der Waals surface area contributed by atoms with Crippen LogP contribution < -0.4 is 5.32 Å². The van der Waals surface area contributed by atoms with Crippen LogP contribution in [0.5, 0.6) is 0 Å². The number of benzene rings is 1. The van der Waals surface area contributed by atoms with Crippen molar-refractivity contribution in [2.75, 3.05) is 6.54 Å². The van der Waals surface area contributed by atoms with Gasteiger partial charge in [-0.25, -0.2) is 0 Å². The Labute approximate surface area is 153 Å². The lowest BCUT2D eigenvalue weighted by Crippen LogP contribution is -2.24. The highest BCUT2D eigenvalue weighted by Gasteiger charge is 2.12. The number of esters is 1. The van der Waals surface area contributed by atoms with Crippen LogP contribution in [0, 0.1) is 0 Å². The lowest BCUT2D eigenvalue weighted by atomic mass is 10.2. The molecule has 2 aromatic heterocycles. The molecular weight excluding hydrogens is 362 g/mol. The summed E-state index contributed by atoms with van der Waals surface area (Å²) >= 11 is 7.83. The first-order chi connectivity index (χ1) is 12.1. The van der Waals surface area contributed by atoms with Crippen LogP contribution in [-0.2, 0) is 16.1 Å². The van der Waals surface area contributed by atoms with Crippen molar-refractivity contribution in [3.63, 3.8) is 0 Å². The molecule has 0 aliphatic rings. The Morgan fingerprint density at radius 2 is 2.04 bits per heavy atom. The highest BCUT2D eigenvalue weighted by atomic mass is 35.5. The minimum Gasteiger partial charge on any atom is -0.460 e. The molecule has 0 radical (unpaired) electrons. The predicted molar refractivity (Wildman–Crippen MR) is 96.9 cm³/mol. The van der Waals surface area contributed by atoms with Gasteiger partial charge in [-0.15, -0.1) is 11.3 Å². The van der Waals surface area contributed by atoms with E-state index in [4.69, 9.17) is 20.8 Å². The first-order valence-electron chi connectivity index (χ1n) is 7.78. The van der Waals surface area contributed by atoms with Crippen LogP contribution >= 0.6 is 22.9 Å². The third-order valence-electron chi connectivity index (χ3n) is 3.55. The average molecular weight is 378 g/mol. The number of amides is 1. The van der Waals surface area contributed by atoms with Crippen LogP contribution in [0.3, 0.4) is 0 Å². The quantitative estimate of drug-likeness (QED) is 0.489. The monoisotopic (exact) mass is 377 g/mol. The van der Waals surface area contributed by atoms with E-state index in [2.05, 4.69) is 5.32 Å². The van der Waals surface area contributed by atoms with Crippen molar-refractivity contribution in [2.24, 2.45) is 0 Å². The zero-order chi connectivity index (χ0) is 17.6. The topological polar surface area (TPSA) is 68.5 Å². The zero-order valence-electron chi connectivity index (χ0n) is 13.3. The molecule has 0 atom stereocenters. The summed E-state index contributed by atoms with van der Waals surface area (Å²) in [6, 6.07) is 11.0. The fourth-order valence-corrected chi connectivity index (χ4v) is 3.71. The van der Waals surface area contributed by atoms with E-state index in [9.17, 15) is 9.59 Å². The second kappa shape index (κ2) is 8.18. The summed E-state index contributed by atoms with van der Waals surface area (Å²) in [5.74, 6) is -0.363. The molecular formula is C18H16ClNO4S. The number of carbonyl (C=O) groups is 2. The molecule has 3 aromatic rings. The Morgan fingerprint density at radius 1 is 1.20 bits per heavy atom. The number of halogens is 1. The third kappa shape index (κ3) is 4.41. The molecule has 7 heteroatoms. The summed E-state index contributed by atoms with van der Waals surface area (Å²) in [4.78, 5) is 24.3. The van der Waals surface area contributed by atoms with Crippen molar-refractivity contribution in [2.45, 2.75) is 19.4 Å². The second-order valence-electron chi connectivity index (χ2n) is 5.33. The Morgan fingerprint density at radius 3 is 2.80 bits per heavy atom. The molecule has 0 aliphatic heterocycles. The van der Waals surface area contributed by atoms with Gasteiger partial charge >= 0.3 is 5.97 Å². The zero-order valence-corrected chi connectivity index (χ0v) is 14.9. The molecule has 3 rings (SSSR count). The van der Waals surface area contributed by atoms with Crippen LogP contribution in [0.15, 0.2) is 47.1 Å². The summed E-state index contributed by atoms with van der Waals surface area (Å²) in [5.41, 5.74) is 0. The van der Waals surface area contributed by atoms with E-state index in [0.717, 1.165) is 15.0 Å². The first-order valence-corrected chi connectivity index (χ1v) is 8.98. The molecule has 130 valence electrons. The van der Waals surface area contributed by atoms with Crippen LogP contribution in [0.2, 0.25) is 5.02 Å². The van der Waals surface area contributed by atoms with Crippen molar-refractivity contribution >= 4 is 44.9 Å². The molecule has 0 saturated carbocycles. The van der Waals surface area contributed by atoms with Gasteiger partial charge in [0.2, 0.25) is 0 Å². The highest BCUT2D eigenvalue weighted by molar-refractivity contribution is 7.19. The van der Waals surface area contributed by atoms with Gasteiger partial charge in [-0.05, 0) is 24.6 Å². The summed E-state index contributed by atoms with van der Waals surface area (Å²) in [7, 11) is 0. The van der Waals surface area contributed by atoms with Gasteiger partial charge in [0.05, 0.1) is 16.2 Å². The van der Waals surface area contributed by atoms with Gasteiger partial charge in [0.15, 0.2) is 5.76 Å². The van der Waals surface area contributed by atoms with Gasteiger partial charge in [-0.2, -0.15) is 0 Å². The van der Waals surface area contributed by atoms with E-state index < -0.39 is 0 Å². The molecule has 0 fully saturated rings. The minimum atomic E-state index is -0.319. The smallest absolute Gasteiger partial charge is 0.306 e. The van der Waals surface area contributed by atoms with Crippen molar-refractivity contribution in [3.8, 4) is 0 Å². The van der Waals surface area contributed by atoms with Gasteiger partial charge in [0.25, 0.3) is 5.91 Å². The fraction of sp³-hybridized carbons (Fsp3) is 0.222. The molecule has 2 heterocycles. The molecule has 0 bridgehead atoms. The number of ether oxygens (including phenoxy) is 1. The molecule has 0 unspecified atom stereocenters. The maximum Gasteiger partial charge on any atom is 0.306 e. The maximum absolute atomic E-state index is 11.8. The van der Waals surface area contributed by atoms with Crippen LogP contribution in [0.25, 0.3) is 10.1 Å². The third-order valence-corrected chi connectivity index (χ3v) is 5.24. The minimum absolute atomic E-state index is 0.162. The molecule has 1 aromatic carbocycles. The molecule has 0 spiro atoms. The van der Waals surface area contributed by atoms with Gasteiger partial charge in [-0.3, -0.25) is 9.59 Å². The number of nitrogens with one attached hydrogen (secondary N) is 1. The van der Waals surface area contributed by atoms with E-state index in [1.807, 2.05) is 24.3 Å². The first kappa shape index (κ1) is 17.5. The number of rotatable bonds is 7. The lowest BCUT2D eigenvalue weighted by Gasteiger charge is -2.05. The summed E-state index contributed by atoms with van der Waals surface area (Å²) in [6.07, 6.45) is 2.15. The van der Waals surface area contributed by atoms with Crippen LogP contribution in [-0.4, -0.2) is 18.4 Å². The molecule has 0 aliphatic carbocycles. The predicted octanol–water partition coefficient (Wildman–Crippen LogP) is 4.40. The van der Waals surface area contributed by atoms with Crippen molar-refractivity contribution in [1.82, 2.24) is 5.32 Å². The summed E-state index contributed by atoms with van der Waals surface area (Å²) in [6.45, 7) is 0.536. The number of furan rings is 1. The molecule has 1 amide bonds. The standard InChI is InChI=1S/C18H16ClNO4S/c19-17-12-5-1-2-7-14(12)25-15(17)11-24-16(21)8-3-9-20-18(22)13-6-4-10-23-13/h1-2,4-7,10H,3,8-9,11H2,(H,20,22). The lowest BCUT2D eigenvalue weighted by molar-refractivity contribution is -0.144. The number of fused-ring (bicyclic) bond motifs is 1. The number of carbonyl (C=O) groups excluding carboxylic acids is 2. The molecule has 1 N–H and O–H groups in total. The van der Waals surface area contributed by atoms with E-state index in [1.165, 1.54) is 17.6 Å². The van der Waals surface area contributed by atoms with Crippen molar-refractivity contribution in [3.05, 3.63) is 58.3 Å². The molecule has 0 saturated heterocycles. The van der Waals surface area contributed by atoms with Gasteiger partial charge in [0, 0.05) is 23.1 Å².